The zero-order chi connectivity index (χ0) is 12.4. The molecule has 1 aromatic heterocycles. The molecule has 0 aliphatic rings. The molecule has 0 aliphatic carbocycles. The van der Waals surface area contributed by atoms with Crippen molar-refractivity contribution in [1.82, 2.24) is 10.2 Å². The van der Waals surface area contributed by atoms with Gasteiger partial charge in [0.05, 0.1) is 0 Å². The fourth-order valence-electron chi connectivity index (χ4n) is 1.39. The Hall–Kier alpha value is -1.57. The lowest BCUT2D eigenvalue weighted by Crippen LogP contribution is -2.13. The van der Waals surface area contributed by atoms with Crippen molar-refractivity contribution in [3.05, 3.63) is 39.1 Å². The van der Waals surface area contributed by atoms with E-state index in [2.05, 4.69) is 38.1 Å². The summed E-state index contributed by atoms with van der Waals surface area (Å²) in [6.45, 7) is 1.96. The molecular formula is C11H11IN4O. The number of nitrogens with zero attached hydrogens (tertiary/aromatic N) is 1. The van der Waals surface area contributed by atoms with E-state index in [1.807, 2.05) is 25.1 Å². The third-order valence-corrected chi connectivity index (χ3v) is 3.53. The normalized spacial score (nSPS) is 10.2. The molecule has 1 heterocycles. The first-order valence-corrected chi connectivity index (χ1v) is 6.03. The maximum absolute atomic E-state index is 11.9. The first kappa shape index (κ1) is 11.9. The van der Waals surface area contributed by atoms with Gasteiger partial charge in [-0.25, -0.2) is 0 Å². The fraction of sp³-hybridized carbons (Fsp3) is 0.0909. The van der Waals surface area contributed by atoms with Crippen molar-refractivity contribution in [3.8, 4) is 0 Å². The van der Waals surface area contributed by atoms with Crippen LogP contribution in [-0.2, 0) is 0 Å². The maximum atomic E-state index is 11.9. The highest BCUT2D eigenvalue weighted by Crippen LogP contribution is 2.20. The average Bonchev–Trinajstić information content (AvgIpc) is 2.72. The summed E-state index contributed by atoms with van der Waals surface area (Å²) < 4.78 is 1.10. The lowest BCUT2D eigenvalue weighted by molar-refractivity contribution is 0.102. The first-order valence-electron chi connectivity index (χ1n) is 4.95. The van der Waals surface area contributed by atoms with E-state index in [0.717, 1.165) is 14.8 Å². The number of amides is 1. The molecule has 5 nitrogen and oxygen atoms in total. The Morgan fingerprint density at radius 2 is 2.29 bits per heavy atom. The Kier molecular flexibility index (Phi) is 3.32. The van der Waals surface area contributed by atoms with Crippen molar-refractivity contribution in [2.75, 3.05) is 11.1 Å². The molecule has 88 valence electrons. The SMILES string of the molecule is Cc1c(I)cccc1NC(=O)c1cc(N)n[nH]1. The van der Waals surface area contributed by atoms with E-state index < -0.39 is 0 Å². The zero-order valence-electron chi connectivity index (χ0n) is 9.12. The summed E-state index contributed by atoms with van der Waals surface area (Å²) in [5.74, 6) is 0.0498. The molecule has 17 heavy (non-hydrogen) atoms. The Morgan fingerprint density at radius 1 is 1.53 bits per heavy atom. The zero-order valence-corrected chi connectivity index (χ0v) is 11.3. The van der Waals surface area contributed by atoms with E-state index in [1.165, 1.54) is 6.07 Å². The lowest BCUT2D eigenvalue weighted by atomic mass is 10.2. The van der Waals surface area contributed by atoms with Crippen LogP contribution >= 0.6 is 22.6 Å². The molecule has 0 saturated carbocycles. The number of anilines is 2. The van der Waals surface area contributed by atoms with E-state index in [1.54, 1.807) is 0 Å². The third kappa shape index (κ3) is 2.57. The first-order chi connectivity index (χ1) is 8.08. The molecule has 6 heteroatoms. The number of hydrogen-bond donors (Lipinski definition) is 3. The van der Waals surface area contributed by atoms with Gasteiger partial charge < -0.3 is 11.1 Å². The van der Waals surface area contributed by atoms with Crippen molar-refractivity contribution < 1.29 is 4.79 Å². The highest BCUT2D eigenvalue weighted by molar-refractivity contribution is 14.1. The summed E-state index contributed by atoms with van der Waals surface area (Å²) in [7, 11) is 0. The molecule has 4 N–H and O–H groups in total. The average molecular weight is 342 g/mol. The Labute approximate surface area is 112 Å². The minimum absolute atomic E-state index is 0.251. The van der Waals surface area contributed by atoms with Crippen LogP contribution in [-0.4, -0.2) is 16.1 Å². The van der Waals surface area contributed by atoms with Crippen LogP contribution in [0.15, 0.2) is 24.3 Å². The molecule has 0 radical (unpaired) electrons. The summed E-state index contributed by atoms with van der Waals surface area (Å²) in [5.41, 5.74) is 7.61. The van der Waals surface area contributed by atoms with Crippen LogP contribution in [0.5, 0.6) is 0 Å². The molecule has 2 rings (SSSR count). The molecule has 0 bridgehead atoms. The molecule has 1 amide bonds. The molecule has 0 saturated heterocycles. The number of benzene rings is 1. The van der Waals surface area contributed by atoms with Gasteiger partial charge in [-0.2, -0.15) is 5.10 Å². The number of carbonyl (C=O) groups is 1. The van der Waals surface area contributed by atoms with Crippen molar-refractivity contribution in [2.45, 2.75) is 6.92 Å². The van der Waals surface area contributed by atoms with Gasteiger partial charge in [0.1, 0.15) is 11.5 Å². The van der Waals surface area contributed by atoms with Gasteiger partial charge in [-0.3, -0.25) is 9.89 Å². The Morgan fingerprint density at radius 3 is 2.94 bits per heavy atom. The van der Waals surface area contributed by atoms with E-state index >= 15 is 0 Å². The molecule has 0 atom stereocenters. The fourth-order valence-corrected chi connectivity index (χ4v) is 1.88. The monoisotopic (exact) mass is 342 g/mol. The van der Waals surface area contributed by atoms with Crippen LogP contribution in [0.25, 0.3) is 0 Å². The summed E-state index contributed by atoms with van der Waals surface area (Å²) >= 11 is 2.22. The Bertz CT molecular complexity index is 564. The van der Waals surface area contributed by atoms with Gasteiger partial charge in [0.15, 0.2) is 0 Å². The predicted octanol–water partition coefficient (Wildman–Crippen LogP) is 2.16. The molecule has 2 aromatic rings. The minimum Gasteiger partial charge on any atom is -0.382 e. The number of hydrogen-bond acceptors (Lipinski definition) is 3. The van der Waals surface area contributed by atoms with E-state index in [-0.39, 0.29) is 5.91 Å². The van der Waals surface area contributed by atoms with Crippen LogP contribution < -0.4 is 11.1 Å². The van der Waals surface area contributed by atoms with Gasteiger partial charge >= 0.3 is 0 Å². The van der Waals surface area contributed by atoms with Crippen molar-refractivity contribution in [1.29, 1.82) is 0 Å². The topological polar surface area (TPSA) is 83.8 Å². The number of halogens is 1. The van der Waals surface area contributed by atoms with Crippen LogP contribution in [0.3, 0.4) is 0 Å². The van der Waals surface area contributed by atoms with Crippen molar-refractivity contribution in [2.24, 2.45) is 0 Å². The van der Waals surface area contributed by atoms with Gasteiger partial charge in [-0.05, 0) is 47.2 Å². The molecular weight excluding hydrogens is 331 g/mol. The van der Waals surface area contributed by atoms with Gasteiger partial charge in [0.25, 0.3) is 5.91 Å². The summed E-state index contributed by atoms with van der Waals surface area (Å²) in [6.07, 6.45) is 0. The number of nitrogens with one attached hydrogen (secondary N) is 2. The highest BCUT2D eigenvalue weighted by atomic mass is 127. The van der Waals surface area contributed by atoms with Crippen molar-refractivity contribution in [3.63, 3.8) is 0 Å². The maximum Gasteiger partial charge on any atom is 0.273 e. The molecule has 0 aliphatic heterocycles. The van der Waals surface area contributed by atoms with Crippen LogP contribution in [0.2, 0.25) is 0 Å². The second kappa shape index (κ2) is 4.74. The number of carbonyl (C=O) groups excluding carboxylic acids is 1. The quantitative estimate of drug-likeness (QED) is 0.732. The number of H-pyrrole nitrogens is 1. The minimum atomic E-state index is -0.251. The molecule has 1 aromatic carbocycles. The van der Waals surface area contributed by atoms with Crippen LogP contribution in [0.1, 0.15) is 16.1 Å². The second-order valence-corrected chi connectivity index (χ2v) is 4.74. The number of rotatable bonds is 2. The smallest absolute Gasteiger partial charge is 0.273 e. The van der Waals surface area contributed by atoms with Gasteiger partial charge in [-0.15, -0.1) is 0 Å². The van der Waals surface area contributed by atoms with E-state index in [4.69, 9.17) is 5.73 Å². The van der Waals surface area contributed by atoms with E-state index in [9.17, 15) is 4.79 Å². The standard InChI is InChI=1S/C11H11IN4O/c1-6-7(12)3-2-4-8(6)14-11(17)9-5-10(13)16-15-9/h2-5H,1H3,(H,14,17)(H3,13,15,16). The molecule has 0 spiro atoms. The second-order valence-electron chi connectivity index (χ2n) is 3.57. The largest absolute Gasteiger partial charge is 0.382 e. The number of nitrogen functional groups attached to an aromatic ring is 1. The van der Waals surface area contributed by atoms with Crippen LogP contribution in [0.4, 0.5) is 11.5 Å². The summed E-state index contributed by atoms with van der Waals surface area (Å²) in [4.78, 5) is 11.9. The molecule has 0 fully saturated rings. The van der Waals surface area contributed by atoms with Crippen molar-refractivity contribution >= 4 is 40.0 Å². The number of nitrogens with two attached hydrogens (primary N) is 1. The lowest BCUT2D eigenvalue weighted by Gasteiger charge is -2.08. The van der Waals surface area contributed by atoms with E-state index in [0.29, 0.717) is 11.5 Å². The van der Waals surface area contributed by atoms with Gasteiger partial charge in [0.2, 0.25) is 0 Å². The van der Waals surface area contributed by atoms with Crippen LogP contribution in [0, 0.1) is 10.5 Å². The summed E-state index contributed by atoms with van der Waals surface area (Å²) in [6, 6.07) is 7.24. The van der Waals surface area contributed by atoms with Gasteiger partial charge in [-0.1, -0.05) is 6.07 Å². The summed E-state index contributed by atoms with van der Waals surface area (Å²) in [5, 5.41) is 9.09. The third-order valence-electron chi connectivity index (χ3n) is 2.36. The van der Waals surface area contributed by atoms with Gasteiger partial charge in [0, 0.05) is 15.3 Å². The molecule has 0 unspecified atom stereocenters. The number of aromatic nitrogens is 2. The Balaban J connectivity index is 2.21. The predicted molar refractivity (Wildman–Crippen MR) is 74.8 cm³/mol. The number of aromatic amines is 1. The highest BCUT2D eigenvalue weighted by Gasteiger charge is 2.10.